The summed E-state index contributed by atoms with van der Waals surface area (Å²) < 4.78 is 0. The van der Waals surface area contributed by atoms with E-state index < -0.39 is 0 Å². The third kappa shape index (κ3) is 6.62. The molecule has 132 valence electrons. The zero-order chi connectivity index (χ0) is 18.3. The van der Waals surface area contributed by atoms with Crippen LogP contribution in [0.2, 0.25) is 0 Å². The number of benzene rings is 2. The van der Waals surface area contributed by atoms with E-state index in [1.165, 1.54) is 11.1 Å². The smallest absolute Gasteiger partial charge is 0.0388 e. The Bertz CT molecular complexity index is 638. The average Bonchev–Trinajstić information content (AvgIpc) is 2.54. The van der Waals surface area contributed by atoms with Crippen LogP contribution in [0.4, 0.5) is 0 Å². The van der Waals surface area contributed by atoms with Crippen molar-refractivity contribution in [3.05, 3.63) is 84.2 Å². The van der Waals surface area contributed by atoms with Crippen LogP contribution in [0.15, 0.2) is 73.1 Å². The highest BCUT2D eigenvalue weighted by Gasteiger charge is 2.28. The minimum absolute atomic E-state index is 0.0226. The van der Waals surface area contributed by atoms with E-state index in [0.717, 1.165) is 6.42 Å². The molecule has 0 radical (unpaired) electrons. The molecule has 0 aliphatic rings. The van der Waals surface area contributed by atoms with Gasteiger partial charge < -0.3 is 4.90 Å². The van der Waals surface area contributed by atoms with Crippen LogP contribution in [0, 0.1) is 5.41 Å². The van der Waals surface area contributed by atoms with Crippen molar-refractivity contribution in [3.63, 3.8) is 0 Å². The molecule has 1 heteroatoms. The summed E-state index contributed by atoms with van der Waals surface area (Å²) in [6, 6.07) is 20.9. The lowest BCUT2D eigenvalue weighted by molar-refractivity contribution is 0.168. The molecule has 0 atom stereocenters. The van der Waals surface area contributed by atoms with Crippen molar-refractivity contribution in [1.82, 2.24) is 4.90 Å². The highest BCUT2D eigenvalue weighted by atomic mass is 15.2. The summed E-state index contributed by atoms with van der Waals surface area (Å²) in [5, 5.41) is 0. The summed E-state index contributed by atoms with van der Waals surface area (Å²) in [7, 11) is 0. The Hall–Kier alpha value is -2.28. The van der Waals surface area contributed by atoms with Crippen LogP contribution in [0.3, 0.4) is 0 Å². The maximum Gasteiger partial charge on any atom is 0.0388 e. The molecule has 0 heterocycles. The van der Waals surface area contributed by atoms with Gasteiger partial charge in [-0.15, -0.1) is 0 Å². The standard InChI is InChI=1S/C24H31N/c1-23(2,3)20-24(4,5)25(18-16-21-12-8-6-9-13-21)19-17-22-14-10-7-11-15-22/h6-19H,20H2,1-5H3. The van der Waals surface area contributed by atoms with E-state index in [1.54, 1.807) is 0 Å². The van der Waals surface area contributed by atoms with Crippen LogP contribution in [-0.4, -0.2) is 10.4 Å². The summed E-state index contributed by atoms with van der Waals surface area (Å²) in [6.07, 6.45) is 9.85. The van der Waals surface area contributed by atoms with Crippen molar-refractivity contribution < 1.29 is 0 Å². The lowest BCUT2D eigenvalue weighted by Gasteiger charge is -2.40. The highest BCUT2D eigenvalue weighted by Crippen LogP contribution is 2.32. The Kier molecular flexibility index (Phi) is 6.25. The van der Waals surface area contributed by atoms with Gasteiger partial charge in [0.25, 0.3) is 0 Å². The molecule has 2 aromatic carbocycles. The Morgan fingerprint density at radius 3 is 1.44 bits per heavy atom. The maximum atomic E-state index is 2.33. The second kappa shape index (κ2) is 8.20. The highest BCUT2D eigenvalue weighted by molar-refractivity contribution is 5.51. The van der Waals surface area contributed by atoms with Crippen molar-refractivity contribution in [2.75, 3.05) is 0 Å². The van der Waals surface area contributed by atoms with Gasteiger partial charge in [0.15, 0.2) is 0 Å². The third-order valence-electron chi connectivity index (χ3n) is 4.12. The van der Waals surface area contributed by atoms with Gasteiger partial charge in [0.05, 0.1) is 0 Å². The Labute approximate surface area is 153 Å². The molecule has 0 saturated carbocycles. The molecule has 0 N–H and O–H groups in total. The number of hydrogen-bond donors (Lipinski definition) is 0. The summed E-state index contributed by atoms with van der Waals surface area (Å²) in [6.45, 7) is 11.5. The monoisotopic (exact) mass is 333 g/mol. The van der Waals surface area contributed by atoms with Crippen LogP contribution in [0.1, 0.15) is 52.2 Å². The minimum atomic E-state index is 0.0226. The maximum absolute atomic E-state index is 2.33. The van der Waals surface area contributed by atoms with Crippen molar-refractivity contribution in [3.8, 4) is 0 Å². The Balaban J connectivity index is 2.27. The molecule has 0 aliphatic heterocycles. The van der Waals surface area contributed by atoms with Gasteiger partial charge in [0.2, 0.25) is 0 Å². The van der Waals surface area contributed by atoms with E-state index >= 15 is 0 Å². The zero-order valence-electron chi connectivity index (χ0n) is 16.2. The predicted octanol–water partition coefficient (Wildman–Crippen LogP) is 6.85. The first-order valence-electron chi connectivity index (χ1n) is 9.01. The molecule has 2 rings (SSSR count). The van der Waals surface area contributed by atoms with Crippen LogP contribution in [-0.2, 0) is 0 Å². The molecule has 0 amide bonds. The van der Waals surface area contributed by atoms with Gasteiger partial charge >= 0.3 is 0 Å². The van der Waals surface area contributed by atoms with Crippen LogP contribution >= 0.6 is 0 Å². The number of nitrogens with zero attached hydrogens (tertiary/aromatic N) is 1. The molecule has 0 saturated heterocycles. The van der Waals surface area contributed by atoms with E-state index in [4.69, 9.17) is 0 Å². The van der Waals surface area contributed by atoms with Crippen LogP contribution in [0.5, 0.6) is 0 Å². The van der Waals surface area contributed by atoms with Crippen LogP contribution in [0.25, 0.3) is 12.2 Å². The van der Waals surface area contributed by atoms with E-state index in [0.29, 0.717) is 0 Å². The summed E-state index contributed by atoms with van der Waals surface area (Å²) in [5.74, 6) is 0. The number of rotatable bonds is 6. The predicted molar refractivity (Wildman–Crippen MR) is 111 cm³/mol. The molecule has 0 bridgehead atoms. The largest absolute Gasteiger partial charge is 0.349 e. The first-order chi connectivity index (χ1) is 11.8. The van der Waals surface area contributed by atoms with E-state index in [9.17, 15) is 0 Å². The minimum Gasteiger partial charge on any atom is -0.349 e. The molecule has 2 aromatic rings. The summed E-state index contributed by atoms with van der Waals surface area (Å²) in [4.78, 5) is 2.33. The quantitative estimate of drug-likeness (QED) is 0.559. The van der Waals surface area contributed by atoms with Gasteiger partial charge in [-0.3, -0.25) is 0 Å². The normalized spacial score (nSPS) is 12.8. The first-order valence-corrected chi connectivity index (χ1v) is 9.01. The van der Waals surface area contributed by atoms with Gasteiger partial charge in [-0.05, 0) is 49.0 Å². The number of hydrogen-bond acceptors (Lipinski definition) is 1. The van der Waals surface area contributed by atoms with Gasteiger partial charge in [-0.1, -0.05) is 81.4 Å². The molecule has 1 nitrogen and oxygen atoms in total. The SMILES string of the molecule is CC(C)(C)CC(C)(C)N(C=Cc1ccccc1)C=Cc1ccccc1. The molecular weight excluding hydrogens is 302 g/mol. The lowest BCUT2D eigenvalue weighted by Crippen LogP contribution is -2.40. The molecule has 0 aliphatic carbocycles. The second-order valence-corrected chi connectivity index (χ2v) is 8.41. The third-order valence-corrected chi connectivity index (χ3v) is 4.12. The Morgan fingerprint density at radius 1 is 0.680 bits per heavy atom. The fourth-order valence-corrected chi connectivity index (χ4v) is 3.30. The fraction of sp³-hybridized carbons (Fsp3) is 0.333. The van der Waals surface area contributed by atoms with Gasteiger partial charge in [0, 0.05) is 17.9 Å². The van der Waals surface area contributed by atoms with Gasteiger partial charge in [-0.25, -0.2) is 0 Å². The topological polar surface area (TPSA) is 3.24 Å². The van der Waals surface area contributed by atoms with E-state index in [2.05, 4.69) is 113 Å². The molecule has 0 aromatic heterocycles. The van der Waals surface area contributed by atoms with Crippen molar-refractivity contribution in [2.24, 2.45) is 5.41 Å². The first kappa shape index (κ1) is 19.1. The average molecular weight is 334 g/mol. The fourth-order valence-electron chi connectivity index (χ4n) is 3.30. The molecular formula is C24H31N. The second-order valence-electron chi connectivity index (χ2n) is 8.41. The zero-order valence-corrected chi connectivity index (χ0v) is 16.2. The Morgan fingerprint density at radius 2 is 1.08 bits per heavy atom. The van der Waals surface area contributed by atoms with Crippen molar-refractivity contribution in [1.29, 1.82) is 0 Å². The molecule has 0 unspecified atom stereocenters. The van der Waals surface area contributed by atoms with E-state index in [-0.39, 0.29) is 11.0 Å². The molecule has 25 heavy (non-hydrogen) atoms. The van der Waals surface area contributed by atoms with Crippen molar-refractivity contribution in [2.45, 2.75) is 46.6 Å². The van der Waals surface area contributed by atoms with Crippen molar-refractivity contribution >= 4 is 12.2 Å². The summed E-state index contributed by atoms with van der Waals surface area (Å²) >= 11 is 0. The van der Waals surface area contributed by atoms with Crippen LogP contribution < -0.4 is 0 Å². The van der Waals surface area contributed by atoms with Gasteiger partial charge in [0.1, 0.15) is 0 Å². The summed E-state index contributed by atoms with van der Waals surface area (Å²) in [5.41, 5.74) is 2.72. The van der Waals surface area contributed by atoms with E-state index in [1.807, 2.05) is 12.1 Å². The molecule has 0 spiro atoms. The molecule has 0 fully saturated rings. The van der Waals surface area contributed by atoms with Gasteiger partial charge in [-0.2, -0.15) is 0 Å². The lowest BCUT2D eigenvalue weighted by atomic mass is 9.81.